The largest absolute Gasteiger partial charge is 0.791 e. The Balaban J connectivity index is 0.0000112. The van der Waals surface area contributed by atoms with E-state index in [0.29, 0.717) is 30.6 Å². The topological polar surface area (TPSA) is 105 Å². The second-order valence-electron chi connectivity index (χ2n) is 17.9. The molecule has 1 aromatic carbocycles. The number of amides is 3. The fourth-order valence-corrected chi connectivity index (χ4v) is 8.90. The Morgan fingerprint density at radius 3 is 2.00 bits per heavy atom. The molecule has 9 atom stereocenters. The van der Waals surface area contributed by atoms with E-state index in [9.17, 15) is 19.5 Å². The average Bonchev–Trinajstić information content (AvgIpc) is 4.10. The van der Waals surface area contributed by atoms with Gasteiger partial charge in [0.15, 0.2) is 0 Å². The number of carbonyl (C=O) groups is 3. The van der Waals surface area contributed by atoms with Crippen LogP contribution >= 0.6 is 0 Å². The first-order chi connectivity index (χ1) is 26.5. The number of carbonyl (C=O) groups excluding carboxylic acids is 3. The first-order valence-electron chi connectivity index (χ1n) is 21.9. The van der Waals surface area contributed by atoms with Crippen molar-refractivity contribution in [1.29, 1.82) is 0 Å². The van der Waals surface area contributed by atoms with Crippen LogP contribution in [0.3, 0.4) is 0 Å². The number of allylic oxidation sites excluding steroid dienone is 1. The van der Waals surface area contributed by atoms with Gasteiger partial charge >= 0.3 is 0 Å². The van der Waals surface area contributed by atoms with Crippen molar-refractivity contribution in [2.24, 2.45) is 35.5 Å². The second kappa shape index (κ2) is 24.4. The molecule has 327 valence electrons. The van der Waals surface area contributed by atoms with Gasteiger partial charge in [-0.1, -0.05) is 98.6 Å². The summed E-state index contributed by atoms with van der Waals surface area (Å²) in [5.74, 6) is 1.14. The quantitative estimate of drug-likeness (QED) is 0.0883. The van der Waals surface area contributed by atoms with Gasteiger partial charge in [0.05, 0.1) is 24.1 Å². The average molecular weight is 989 g/mol. The number of unbranched alkanes of at least 4 members (excludes halogenated alkanes) is 1. The van der Waals surface area contributed by atoms with Crippen molar-refractivity contribution in [3.05, 3.63) is 47.2 Å². The van der Waals surface area contributed by atoms with E-state index in [1.165, 1.54) is 11.3 Å². The summed E-state index contributed by atoms with van der Waals surface area (Å²) in [4.78, 5) is 49.4. The molecule has 1 aromatic rings. The van der Waals surface area contributed by atoms with Crippen LogP contribution < -0.4 is 10.6 Å². The zero-order valence-electron chi connectivity index (χ0n) is 37.3. The first kappa shape index (κ1) is 51.2. The molecule has 2 saturated carbocycles. The number of rotatable bonds is 25. The van der Waals surface area contributed by atoms with Gasteiger partial charge in [0.2, 0.25) is 17.7 Å². The van der Waals surface area contributed by atoms with Gasteiger partial charge in [-0.15, -0.1) is 0 Å². The van der Waals surface area contributed by atoms with E-state index in [4.69, 9.17) is 12.6 Å². The number of likely N-dealkylation sites (N-methyl/N-ethyl adjacent to an activating group) is 2. The van der Waals surface area contributed by atoms with Crippen LogP contribution in [0.4, 0.5) is 0 Å². The molecule has 0 aromatic heterocycles. The van der Waals surface area contributed by atoms with Crippen molar-refractivity contribution in [2.75, 3.05) is 32.9 Å². The van der Waals surface area contributed by atoms with Crippen molar-refractivity contribution in [3.63, 3.8) is 0 Å². The summed E-state index contributed by atoms with van der Waals surface area (Å²) in [7, 11) is 4.11. The van der Waals surface area contributed by atoms with Crippen LogP contribution in [0.1, 0.15) is 132 Å². The van der Waals surface area contributed by atoms with E-state index in [0.717, 1.165) is 57.1 Å². The molecule has 9 nitrogen and oxygen atoms in total. The molecule has 0 heterocycles. The zero-order chi connectivity index (χ0) is 41.9. The third-order valence-corrected chi connectivity index (χ3v) is 12.9. The Labute approximate surface area is 366 Å². The van der Waals surface area contributed by atoms with E-state index >= 15 is 0 Å². The molecular weight excluding hydrogens is 911 g/mol. The standard InChI is InChI=1S/C46H79N5O4S.Ir/c1-13-15-25-51(34(10)32(8)45(54)47-33(9)44(53)37-19-17-16-18-20-37)39(52)28-38(35-21-22-35)43(31(7)14-2)50(12)46(55)40(29(3)4)48-41(36-23-24-36)42(30(5)6)49(11)26-27-56;/h16-20,29-35,38,40,42-44,48,53,56H,13-15,21-28H2,1-12H3,(H,47,54);/p-1/t31?,32?,33?,34?,38?,40-,42?,43?,44?;/m0./s1. The summed E-state index contributed by atoms with van der Waals surface area (Å²) in [6.45, 7) is 22.3. The molecule has 8 unspecified atom stereocenters. The first-order valence-corrected chi connectivity index (χ1v) is 22.4. The predicted molar refractivity (Wildman–Crippen MR) is 233 cm³/mol. The van der Waals surface area contributed by atoms with Crippen LogP contribution in [0.15, 0.2) is 41.6 Å². The summed E-state index contributed by atoms with van der Waals surface area (Å²) in [6, 6.07) is 8.19. The van der Waals surface area contributed by atoms with E-state index in [2.05, 4.69) is 71.0 Å². The minimum Gasteiger partial charge on any atom is -0.791 e. The number of nitrogens with one attached hydrogen (secondary N) is 2. The van der Waals surface area contributed by atoms with Crippen LogP contribution in [-0.4, -0.2) is 101 Å². The molecule has 0 spiro atoms. The van der Waals surface area contributed by atoms with Gasteiger partial charge in [-0.2, -0.15) is 5.75 Å². The molecule has 11 heteroatoms. The molecule has 0 saturated heterocycles. The van der Waals surface area contributed by atoms with E-state index in [-0.39, 0.29) is 73.7 Å². The van der Waals surface area contributed by atoms with Gasteiger partial charge in [0.1, 0.15) is 6.04 Å². The molecular formula is C46H78IrN5O4S-. The van der Waals surface area contributed by atoms with E-state index < -0.39 is 24.1 Å². The fourth-order valence-electron chi connectivity index (χ4n) is 8.61. The van der Waals surface area contributed by atoms with Crippen molar-refractivity contribution < 1.29 is 39.6 Å². The second-order valence-corrected chi connectivity index (χ2v) is 18.3. The molecule has 0 aliphatic heterocycles. The van der Waals surface area contributed by atoms with E-state index in [1.54, 1.807) is 0 Å². The zero-order valence-corrected chi connectivity index (χ0v) is 40.6. The van der Waals surface area contributed by atoms with Crippen LogP contribution in [0, 0.1) is 35.5 Å². The fraction of sp³-hybridized carbons (Fsp3) is 0.761. The van der Waals surface area contributed by atoms with Crippen LogP contribution in [0.25, 0.3) is 0 Å². The maximum absolute atomic E-state index is 14.9. The van der Waals surface area contributed by atoms with Crippen molar-refractivity contribution in [3.8, 4) is 0 Å². The maximum Gasteiger partial charge on any atom is 0.245 e. The number of aliphatic hydroxyl groups excluding tert-OH is 1. The SMILES string of the molecule is CCCCN(C(=O)CC(C1CC1)C(C(C)CC)N(C)C(=O)[C@@H](NC(=C1CC1)C(C(C)C)N(C)CC[S-])C(C)C)C(C)C(C)C(=O)NC(C)C(O)c1ccccc1.[Ir]. The summed E-state index contributed by atoms with van der Waals surface area (Å²) in [5.41, 5.74) is 3.35. The molecule has 2 fully saturated rings. The summed E-state index contributed by atoms with van der Waals surface area (Å²) >= 11 is 5.37. The third kappa shape index (κ3) is 14.4. The summed E-state index contributed by atoms with van der Waals surface area (Å²) in [5, 5.41) is 17.8. The maximum atomic E-state index is 14.9. The smallest absolute Gasteiger partial charge is 0.245 e. The molecule has 1 radical (unpaired) electrons. The van der Waals surface area contributed by atoms with Crippen LogP contribution in [0.5, 0.6) is 0 Å². The minimum absolute atomic E-state index is 0. The van der Waals surface area contributed by atoms with Gasteiger partial charge in [-0.3, -0.25) is 19.3 Å². The number of nitrogens with zero attached hydrogens (tertiary/aromatic N) is 3. The van der Waals surface area contributed by atoms with Crippen LogP contribution in [-0.2, 0) is 47.1 Å². The number of hydrogen-bond acceptors (Lipinski definition) is 7. The molecule has 0 bridgehead atoms. The van der Waals surface area contributed by atoms with Gasteiger partial charge < -0.3 is 38.2 Å². The predicted octanol–water partition coefficient (Wildman–Crippen LogP) is 7.33. The molecule has 2 aliphatic carbocycles. The normalized spacial score (nSPS) is 18.7. The summed E-state index contributed by atoms with van der Waals surface area (Å²) in [6.07, 6.45) is 6.42. The Hall–Kier alpha value is -1.91. The number of benzene rings is 1. The monoisotopic (exact) mass is 990 g/mol. The molecule has 2 aliphatic rings. The van der Waals surface area contributed by atoms with Crippen LogP contribution in [0.2, 0.25) is 0 Å². The Kier molecular flexibility index (Phi) is 21.9. The summed E-state index contributed by atoms with van der Waals surface area (Å²) < 4.78 is 0. The Morgan fingerprint density at radius 1 is 0.895 bits per heavy atom. The van der Waals surface area contributed by atoms with Crippen molar-refractivity contribution >= 4 is 30.4 Å². The van der Waals surface area contributed by atoms with E-state index in [1.807, 2.05) is 68.0 Å². The van der Waals surface area contributed by atoms with Gasteiger partial charge in [0.25, 0.3) is 0 Å². The minimum atomic E-state index is -0.839. The van der Waals surface area contributed by atoms with Crippen molar-refractivity contribution in [1.82, 2.24) is 25.3 Å². The molecule has 57 heavy (non-hydrogen) atoms. The third-order valence-electron chi connectivity index (χ3n) is 12.8. The van der Waals surface area contributed by atoms with Crippen molar-refractivity contribution in [2.45, 2.75) is 157 Å². The molecule has 3 N–H and O–H groups in total. The van der Waals surface area contributed by atoms with Gasteiger partial charge in [0, 0.05) is 57.9 Å². The number of aliphatic hydroxyl groups is 1. The molecule has 3 rings (SSSR count). The molecule has 3 amide bonds. The number of hydrogen-bond donors (Lipinski definition) is 3. The Morgan fingerprint density at radius 2 is 1.51 bits per heavy atom. The Bertz CT molecular complexity index is 1420. The van der Waals surface area contributed by atoms with Gasteiger partial charge in [-0.05, 0) is 100 Å². The van der Waals surface area contributed by atoms with Gasteiger partial charge in [-0.25, -0.2) is 0 Å².